The Morgan fingerprint density at radius 1 is 0.912 bits per heavy atom. The third-order valence-corrected chi connectivity index (χ3v) is 6.05. The molecule has 176 valence electrons. The lowest BCUT2D eigenvalue weighted by Crippen LogP contribution is -2.22. The highest BCUT2D eigenvalue weighted by molar-refractivity contribution is 8.00. The Labute approximate surface area is 209 Å². The van der Waals surface area contributed by atoms with Crippen molar-refractivity contribution in [2.45, 2.75) is 30.9 Å². The Morgan fingerprint density at radius 2 is 1.53 bits per heavy atom. The molecule has 0 spiro atoms. The van der Waals surface area contributed by atoms with Crippen molar-refractivity contribution in [1.82, 2.24) is 0 Å². The molecule has 34 heavy (non-hydrogen) atoms. The summed E-state index contributed by atoms with van der Waals surface area (Å²) in [5.74, 6) is 0.704. The van der Waals surface area contributed by atoms with Gasteiger partial charge in [0.05, 0.1) is 11.9 Å². The van der Waals surface area contributed by atoms with Gasteiger partial charge in [-0.25, -0.2) is 0 Å². The standard InChI is InChI=1S/C26H27N3O3S2/c1-4-32-23-14-12-20(13-15-23)27-25(31)18(3)34-24-7-5-6-22(16-24)29-26(33)28-21-10-8-19(9-11-21)17(2)30/h5-16,18H,4H2,1-3H3,(H,27,31)(H2,28,29,33). The van der Waals surface area contributed by atoms with Gasteiger partial charge in [0, 0.05) is 27.5 Å². The molecule has 0 aliphatic carbocycles. The Morgan fingerprint density at radius 3 is 2.18 bits per heavy atom. The van der Waals surface area contributed by atoms with Crippen molar-refractivity contribution in [2.75, 3.05) is 22.6 Å². The van der Waals surface area contributed by atoms with Crippen LogP contribution in [0.3, 0.4) is 0 Å². The van der Waals surface area contributed by atoms with Crippen molar-refractivity contribution in [2.24, 2.45) is 0 Å². The molecule has 3 rings (SSSR count). The lowest BCUT2D eigenvalue weighted by molar-refractivity contribution is -0.115. The largest absolute Gasteiger partial charge is 0.494 e. The van der Waals surface area contributed by atoms with Crippen molar-refractivity contribution < 1.29 is 14.3 Å². The molecular formula is C26H27N3O3S2. The van der Waals surface area contributed by atoms with Crippen LogP contribution in [0.2, 0.25) is 0 Å². The molecular weight excluding hydrogens is 466 g/mol. The van der Waals surface area contributed by atoms with E-state index in [9.17, 15) is 9.59 Å². The third-order valence-electron chi connectivity index (χ3n) is 4.76. The molecule has 1 atom stereocenters. The van der Waals surface area contributed by atoms with Gasteiger partial charge in [-0.15, -0.1) is 11.8 Å². The second kappa shape index (κ2) is 12.2. The number of amides is 1. The highest BCUT2D eigenvalue weighted by Crippen LogP contribution is 2.27. The molecule has 8 heteroatoms. The second-order valence-electron chi connectivity index (χ2n) is 7.45. The maximum atomic E-state index is 12.6. The SMILES string of the molecule is CCOc1ccc(NC(=O)C(C)Sc2cccc(NC(=S)Nc3ccc(C(C)=O)cc3)c2)cc1. The van der Waals surface area contributed by atoms with Crippen LogP contribution in [-0.2, 0) is 4.79 Å². The zero-order valence-electron chi connectivity index (χ0n) is 19.3. The summed E-state index contributed by atoms with van der Waals surface area (Å²) in [4.78, 5) is 25.0. The molecule has 1 amide bonds. The summed E-state index contributed by atoms with van der Waals surface area (Å²) in [6.07, 6.45) is 0. The van der Waals surface area contributed by atoms with Gasteiger partial charge in [0.1, 0.15) is 5.75 Å². The summed E-state index contributed by atoms with van der Waals surface area (Å²) in [6.45, 7) is 5.93. The molecule has 0 radical (unpaired) electrons. The molecule has 1 unspecified atom stereocenters. The molecule has 0 aromatic heterocycles. The van der Waals surface area contributed by atoms with E-state index in [0.717, 1.165) is 27.7 Å². The smallest absolute Gasteiger partial charge is 0.237 e. The lowest BCUT2D eigenvalue weighted by atomic mass is 10.1. The van der Waals surface area contributed by atoms with E-state index in [4.69, 9.17) is 17.0 Å². The first-order valence-electron chi connectivity index (χ1n) is 10.8. The highest BCUT2D eigenvalue weighted by Gasteiger charge is 2.15. The second-order valence-corrected chi connectivity index (χ2v) is 9.27. The van der Waals surface area contributed by atoms with Crippen LogP contribution in [-0.4, -0.2) is 28.7 Å². The molecule has 0 aliphatic heterocycles. The van der Waals surface area contributed by atoms with E-state index in [1.807, 2.05) is 74.5 Å². The predicted octanol–water partition coefficient (Wildman–Crippen LogP) is 6.22. The normalized spacial score (nSPS) is 11.3. The maximum absolute atomic E-state index is 12.6. The molecule has 3 N–H and O–H groups in total. The average Bonchev–Trinajstić information content (AvgIpc) is 2.81. The van der Waals surface area contributed by atoms with Crippen LogP contribution in [0.25, 0.3) is 0 Å². The summed E-state index contributed by atoms with van der Waals surface area (Å²) >= 11 is 6.86. The fraction of sp³-hybridized carbons (Fsp3) is 0.192. The van der Waals surface area contributed by atoms with Crippen LogP contribution in [0.5, 0.6) is 5.75 Å². The van der Waals surface area contributed by atoms with E-state index < -0.39 is 0 Å². The minimum atomic E-state index is -0.299. The molecule has 0 saturated carbocycles. The van der Waals surface area contributed by atoms with Crippen LogP contribution in [0.1, 0.15) is 31.1 Å². The zero-order chi connectivity index (χ0) is 24.5. The molecule has 3 aromatic rings. The molecule has 0 fully saturated rings. The minimum Gasteiger partial charge on any atom is -0.494 e. The number of ether oxygens (including phenoxy) is 1. The van der Waals surface area contributed by atoms with Gasteiger partial charge in [-0.2, -0.15) is 0 Å². The van der Waals surface area contributed by atoms with Gasteiger partial charge in [-0.3, -0.25) is 9.59 Å². The predicted molar refractivity (Wildman–Crippen MR) is 144 cm³/mol. The molecule has 0 saturated heterocycles. The van der Waals surface area contributed by atoms with Gasteiger partial charge in [-0.05, 0) is 99.7 Å². The number of nitrogens with one attached hydrogen (secondary N) is 3. The van der Waals surface area contributed by atoms with Crippen molar-refractivity contribution in [1.29, 1.82) is 0 Å². The minimum absolute atomic E-state index is 0.0176. The number of thiocarbonyl (C=S) groups is 1. The Bertz CT molecular complexity index is 1150. The number of ketones is 1. The summed E-state index contributed by atoms with van der Waals surface area (Å²) in [5.41, 5.74) is 2.97. The van der Waals surface area contributed by atoms with E-state index in [2.05, 4.69) is 16.0 Å². The first kappa shape index (κ1) is 25.3. The van der Waals surface area contributed by atoms with Crippen LogP contribution in [0.15, 0.2) is 77.7 Å². The molecule has 0 heterocycles. The number of benzene rings is 3. The third kappa shape index (κ3) is 7.60. The van der Waals surface area contributed by atoms with E-state index in [-0.39, 0.29) is 16.9 Å². The van der Waals surface area contributed by atoms with E-state index in [1.165, 1.54) is 18.7 Å². The number of anilines is 3. The highest BCUT2D eigenvalue weighted by atomic mass is 32.2. The van der Waals surface area contributed by atoms with Crippen molar-refractivity contribution in [3.63, 3.8) is 0 Å². The van der Waals surface area contributed by atoms with Crippen LogP contribution in [0, 0.1) is 0 Å². The summed E-state index contributed by atoms with van der Waals surface area (Å²) in [5, 5.41) is 9.32. The van der Waals surface area contributed by atoms with E-state index >= 15 is 0 Å². The molecule has 6 nitrogen and oxygen atoms in total. The van der Waals surface area contributed by atoms with Gasteiger partial charge in [0.2, 0.25) is 5.91 Å². The number of thioether (sulfide) groups is 1. The summed E-state index contributed by atoms with van der Waals surface area (Å²) < 4.78 is 5.43. The van der Waals surface area contributed by atoms with Gasteiger partial charge >= 0.3 is 0 Å². The van der Waals surface area contributed by atoms with Gasteiger partial charge in [0.15, 0.2) is 10.9 Å². The number of rotatable bonds is 9. The monoisotopic (exact) mass is 493 g/mol. The average molecular weight is 494 g/mol. The van der Waals surface area contributed by atoms with E-state index in [0.29, 0.717) is 17.3 Å². The summed E-state index contributed by atoms with van der Waals surface area (Å²) in [7, 11) is 0. The number of hydrogen-bond acceptors (Lipinski definition) is 5. The van der Waals surface area contributed by atoms with Crippen molar-refractivity contribution in [3.8, 4) is 5.75 Å². The number of hydrogen-bond donors (Lipinski definition) is 3. The van der Waals surface area contributed by atoms with Gasteiger partial charge in [0.25, 0.3) is 0 Å². The van der Waals surface area contributed by atoms with Gasteiger partial charge < -0.3 is 20.7 Å². The van der Waals surface area contributed by atoms with Gasteiger partial charge in [-0.1, -0.05) is 6.07 Å². The van der Waals surface area contributed by atoms with Crippen molar-refractivity contribution in [3.05, 3.63) is 78.4 Å². The topological polar surface area (TPSA) is 79.5 Å². The van der Waals surface area contributed by atoms with Crippen LogP contribution < -0.4 is 20.7 Å². The molecule has 0 bridgehead atoms. The number of carbonyl (C=O) groups is 2. The summed E-state index contributed by atoms with van der Waals surface area (Å²) in [6, 6.07) is 22.2. The van der Waals surface area contributed by atoms with E-state index in [1.54, 1.807) is 12.1 Å². The molecule has 0 aliphatic rings. The zero-order valence-corrected chi connectivity index (χ0v) is 20.9. The lowest BCUT2D eigenvalue weighted by Gasteiger charge is -2.14. The Balaban J connectivity index is 1.54. The maximum Gasteiger partial charge on any atom is 0.237 e. The fourth-order valence-electron chi connectivity index (χ4n) is 3.03. The Kier molecular flexibility index (Phi) is 9.07. The fourth-order valence-corrected chi connectivity index (χ4v) is 4.19. The van der Waals surface area contributed by atoms with Crippen molar-refractivity contribution >= 4 is 57.8 Å². The first-order chi connectivity index (χ1) is 16.3. The number of carbonyl (C=O) groups excluding carboxylic acids is 2. The first-order valence-corrected chi connectivity index (χ1v) is 12.1. The Hall–Kier alpha value is -3.36. The quantitative estimate of drug-likeness (QED) is 0.186. The molecule has 3 aromatic carbocycles. The van der Waals surface area contributed by atoms with Crippen LogP contribution >= 0.6 is 24.0 Å². The number of Topliss-reactive ketones (excluding diaryl/α,β-unsaturated/α-hetero) is 1. The van der Waals surface area contributed by atoms with Crippen LogP contribution in [0.4, 0.5) is 17.1 Å².